The molecule has 0 saturated heterocycles. The third-order valence-electron chi connectivity index (χ3n) is 4.46. The lowest BCUT2D eigenvalue weighted by Gasteiger charge is -2.12. The van der Waals surface area contributed by atoms with Gasteiger partial charge in [0.1, 0.15) is 5.75 Å². The zero-order chi connectivity index (χ0) is 20.1. The lowest BCUT2D eigenvalue weighted by Crippen LogP contribution is -2.33. The molecule has 0 saturated carbocycles. The number of nitrogens with zero attached hydrogens (tertiary/aromatic N) is 2. The zero-order valence-electron chi connectivity index (χ0n) is 16.0. The molecule has 0 spiro atoms. The van der Waals surface area contributed by atoms with Gasteiger partial charge in [-0.1, -0.05) is 35.5 Å². The quantitative estimate of drug-likeness (QED) is 0.626. The number of carbonyl (C=O) groups is 1. The molecule has 0 radical (unpaired) electrons. The molecule has 1 aliphatic rings. The number of nitrogens with one attached hydrogen (secondary N) is 1. The number of rotatable bonds is 8. The summed E-state index contributed by atoms with van der Waals surface area (Å²) in [6.07, 6.45) is 1.69. The predicted octanol–water partition coefficient (Wildman–Crippen LogP) is 3.13. The highest BCUT2D eigenvalue weighted by Crippen LogP contribution is 2.35. The van der Waals surface area contributed by atoms with Crippen molar-refractivity contribution in [2.45, 2.75) is 32.4 Å². The van der Waals surface area contributed by atoms with Gasteiger partial charge in [0, 0.05) is 12.1 Å². The minimum atomic E-state index is -0.396. The second-order valence-electron chi connectivity index (χ2n) is 6.72. The lowest BCUT2D eigenvalue weighted by molar-refractivity contribution is 0.0894. The van der Waals surface area contributed by atoms with Gasteiger partial charge in [0.2, 0.25) is 12.6 Å². The van der Waals surface area contributed by atoms with Gasteiger partial charge in [0.25, 0.3) is 0 Å². The molecular weight excluding hydrogens is 374 g/mol. The van der Waals surface area contributed by atoms with Gasteiger partial charge < -0.3 is 24.1 Å². The van der Waals surface area contributed by atoms with Crippen LogP contribution in [0.3, 0.4) is 0 Å². The second kappa shape index (κ2) is 8.64. The third-order valence-corrected chi connectivity index (χ3v) is 4.46. The van der Waals surface area contributed by atoms with Gasteiger partial charge in [-0.05, 0) is 37.5 Å². The average molecular weight is 395 g/mol. The van der Waals surface area contributed by atoms with E-state index in [0.717, 1.165) is 12.8 Å². The molecule has 1 N–H and O–H groups in total. The van der Waals surface area contributed by atoms with Crippen molar-refractivity contribution in [1.82, 2.24) is 15.5 Å². The van der Waals surface area contributed by atoms with E-state index in [1.54, 1.807) is 18.2 Å². The van der Waals surface area contributed by atoms with Crippen molar-refractivity contribution >= 4 is 5.91 Å². The largest absolute Gasteiger partial charge is 0.485 e. The van der Waals surface area contributed by atoms with E-state index < -0.39 is 5.91 Å². The van der Waals surface area contributed by atoms with Crippen molar-refractivity contribution in [3.63, 3.8) is 0 Å². The number of aromatic nitrogens is 2. The molecule has 1 atom stereocenters. The van der Waals surface area contributed by atoms with Crippen LogP contribution in [0.2, 0.25) is 0 Å². The smallest absolute Gasteiger partial charge is 0.316 e. The van der Waals surface area contributed by atoms with Crippen molar-refractivity contribution in [3.05, 3.63) is 65.8 Å². The van der Waals surface area contributed by atoms with Gasteiger partial charge in [-0.15, -0.1) is 0 Å². The van der Waals surface area contributed by atoms with Crippen molar-refractivity contribution in [2.75, 3.05) is 6.79 Å². The maximum Gasteiger partial charge on any atom is 0.316 e. The van der Waals surface area contributed by atoms with E-state index in [9.17, 15) is 4.79 Å². The summed E-state index contributed by atoms with van der Waals surface area (Å²) >= 11 is 0. The monoisotopic (exact) mass is 395 g/mol. The SMILES string of the molecule is C[C@@H](CCc1ccccc1)NC(=O)c1nc(COc2ccc3c(c2)OCO3)no1. The molecular formula is C21H21N3O5. The van der Waals surface area contributed by atoms with Gasteiger partial charge in [-0.25, -0.2) is 0 Å². The van der Waals surface area contributed by atoms with E-state index in [4.69, 9.17) is 18.7 Å². The van der Waals surface area contributed by atoms with Crippen LogP contribution < -0.4 is 19.5 Å². The first-order chi connectivity index (χ1) is 14.2. The number of hydrogen-bond donors (Lipinski definition) is 1. The van der Waals surface area contributed by atoms with Crippen LogP contribution in [0.15, 0.2) is 53.1 Å². The topological polar surface area (TPSA) is 95.7 Å². The van der Waals surface area contributed by atoms with E-state index in [1.807, 2.05) is 25.1 Å². The van der Waals surface area contributed by atoms with Crippen LogP contribution in [-0.2, 0) is 13.0 Å². The molecule has 2 heterocycles. The lowest BCUT2D eigenvalue weighted by atomic mass is 10.1. The molecule has 8 nitrogen and oxygen atoms in total. The Bertz CT molecular complexity index is 973. The summed E-state index contributed by atoms with van der Waals surface area (Å²) in [5.74, 6) is 1.69. The molecule has 8 heteroatoms. The molecule has 150 valence electrons. The Morgan fingerprint density at radius 2 is 2.00 bits per heavy atom. The summed E-state index contributed by atoms with van der Waals surface area (Å²) in [5.41, 5.74) is 1.23. The van der Waals surface area contributed by atoms with E-state index >= 15 is 0 Å². The Morgan fingerprint density at radius 1 is 1.17 bits per heavy atom. The molecule has 0 unspecified atom stereocenters. The summed E-state index contributed by atoms with van der Waals surface area (Å²) in [6, 6.07) is 15.4. The van der Waals surface area contributed by atoms with Crippen molar-refractivity contribution in [3.8, 4) is 17.2 Å². The van der Waals surface area contributed by atoms with Crippen molar-refractivity contribution in [2.24, 2.45) is 0 Å². The highest BCUT2D eigenvalue weighted by molar-refractivity contribution is 5.89. The molecule has 1 amide bonds. The molecule has 3 aromatic rings. The van der Waals surface area contributed by atoms with Crippen LogP contribution in [0, 0.1) is 0 Å². The van der Waals surface area contributed by atoms with Gasteiger partial charge in [0.05, 0.1) is 0 Å². The third kappa shape index (κ3) is 4.84. The van der Waals surface area contributed by atoms with E-state index in [0.29, 0.717) is 17.2 Å². The number of benzene rings is 2. The van der Waals surface area contributed by atoms with E-state index in [-0.39, 0.29) is 31.2 Å². The van der Waals surface area contributed by atoms with E-state index in [1.165, 1.54) is 5.56 Å². The first-order valence-electron chi connectivity index (χ1n) is 9.37. The Labute approximate surface area is 167 Å². The first-order valence-corrected chi connectivity index (χ1v) is 9.37. The normalized spacial score (nSPS) is 13.1. The van der Waals surface area contributed by atoms with Crippen LogP contribution in [0.25, 0.3) is 0 Å². The second-order valence-corrected chi connectivity index (χ2v) is 6.72. The fourth-order valence-electron chi connectivity index (χ4n) is 2.90. The van der Waals surface area contributed by atoms with Gasteiger partial charge >= 0.3 is 11.8 Å². The van der Waals surface area contributed by atoms with E-state index in [2.05, 4.69) is 27.6 Å². The first kappa shape index (κ1) is 18.8. The summed E-state index contributed by atoms with van der Waals surface area (Å²) < 4.78 is 21.2. The van der Waals surface area contributed by atoms with Crippen LogP contribution in [0.1, 0.15) is 35.4 Å². The minimum absolute atomic E-state index is 0.0251. The predicted molar refractivity (Wildman–Crippen MR) is 103 cm³/mol. The summed E-state index contributed by atoms with van der Waals surface area (Å²) in [7, 11) is 0. The molecule has 2 aromatic carbocycles. The molecule has 1 aromatic heterocycles. The molecule has 0 bridgehead atoms. The number of ether oxygens (including phenoxy) is 3. The molecule has 1 aliphatic heterocycles. The molecule has 29 heavy (non-hydrogen) atoms. The van der Waals surface area contributed by atoms with Crippen LogP contribution in [-0.4, -0.2) is 28.9 Å². The van der Waals surface area contributed by atoms with Gasteiger partial charge in [0.15, 0.2) is 18.1 Å². The highest BCUT2D eigenvalue weighted by atomic mass is 16.7. The Kier molecular flexibility index (Phi) is 5.60. The summed E-state index contributed by atoms with van der Waals surface area (Å²) in [4.78, 5) is 16.4. The standard InChI is InChI=1S/C21H21N3O5/c1-14(7-8-15-5-3-2-4-6-15)22-20(25)21-23-19(24-29-21)12-26-16-9-10-17-18(11-16)28-13-27-17/h2-6,9-11,14H,7-8,12-13H2,1H3,(H,22,25)/t14-/m0/s1. The van der Waals surface area contributed by atoms with Crippen LogP contribution in [0.5, 0.6) is 17.2 Å². The maximum absolute atomic E-state index is 12.3. The van der Waals surface area contributed by atoms with Gasteiger partial charge in [-0.2, -0.15) is 4.98 Å². The number of amides is 1. The maximum atomic E-state index is 12.3. The Morgan fingerprint density at radius 3 is 2.86 bits per heavy atom. The molecule has 4 rings (SSSR count). The summed E-state index contributed by atoms with van der Waals surface area (Å²) in [6.45, 7) is 2.22. The van der Waals surface area contributed by atoms with Crippen molar-refractivity contribution in [1.29, 1.82) is 0 Å². The number of hydrogen-bond acceptors (Lipinski definition) is 7. The van der Waals surface area contributed by atoms with Gasteiger partial charge in [-0.3, -0.25) is 4.79 Å². The average Bonchev–Trinajstić information content (AvgIpc) is 3.40. The highest BCUT2D eigenvalue weighted by Gasteiger charge is 2.18. The molecule has 0 fully saturated rings. The Balaban J connectivity index is 1.26. The Hall–Kier alpha value is -3.55. The number of aryl methyl sites for hydroxylation is 1. The van der Waals surface area contributed by atoms with Crippen LogP contribution in [0.4, 0.5) is 0 Å². The minimum Gasteiger partial charge on any atom is -0.485 e. The fraction of sp³-hybridized carbons (Fsp3) is 0.286. The summed E-state index contributed by atoms with van der Waals surface area (Å²) in [5, 5.41) is 6.67. The number of carbonyl (C=O) groups excluding carboxylic acids is 1. The molecule has 0 aliphatic carbocycles. The van der Waals surface area contributed by atoms with Crippen molar-refractivity contribution < 1.29 is 23.5 Å². The fourth-order valence-corrected chi connectivity index (χ4v) is 2.90. The number of fused-ring (bicyclic) bond motifs is 1. The zero-order valence-corrected chi connectivity index (χ0v) is 16.0. The van der Waals surface area contributed by atoms with Crippen LogP contribution >= 0.6 is 0 Å².